The third-order valence-electron chi connectivity index (χ3n) is 5.59. The molecule has 0 unspecified atom stereocenters. The zero-order valence-corrected chi connectivity index (χ0v) is 16.6. The van der Waals surface area contributed by atoms with E-state index < -0.39 is 0 Å². The first-order chi connectivity index (χ1) is 15.3. The summed E-state index contributed by atoms with van der Waals surface area (Å²) in [6, 6.07) is 33.0. The van der Waals surface area contributed by atoms with Crippen molar-refractivity contribution in [2.45, 2.75) is 0 Å². The number of benzene rings is 4. The molecule has 0 atom stereocenters. The highest BCUT2D eigenvalue weighted by molar-refractivity contribution is 6.13. The van der Waals surface area contributed by atoms with Gasteiger partial charge in [-0.2, -0.15) is 0 Å². The minimum atomic E-state index is -0.0243. The van der Waals surface area contributed by atoms with E-state index in [9.17, 15) is 4.79 Å². The van der Waals surface area contributed by atoms with Gasteiger partial charge in [0.25, 0.3) is 0 Å². The van der Waals surface area contributed by atoms with Crippen molar-refractivity contribution in [3.63, 3.8) is 0 Å². The quantitative estimate of drug-likeness (QED) is 0.346. The van der Waals surface area contributed by atoms with Crippen LogP contribution >= 0.6 is 0 Å². The molecule has 0 aliphatic carbocycles. The maximum absolute atomic E-state index is 13.4. The second-order valence-electron chi connectivity index (χ2n) is 7.45. The third-order valence-corrected chi connectivity index (χ3v) is 5.59. The van der Waals surface area contributed by atoms with Crippen LogP contribution in [0.5, 0.6) is 0 Å². The molecule has 6 aromatic rings. The molecule has 6 rings (SSSR count). The van der Waals surface area contributed by atoms with Crippen molar-refractivity contribution in [2.75, 3.05) is 0 Å². The first-order valence-electron chi connectivity index (χ1n) is 10.2. The van der Waals surface area contributed by atoms with Gasteiger partial charge in [0.2, 0.25) is 0 Å². The minimum Gasteiger partial charge on any atom is -0.289 e. The Kier molecular flexibility index (Phi) is 3.90. The van der Waals surface area contributed by atoms with Crippen molar-refractivity contribution in [3.05, 3.63) is 114 Å². The Balaban J connectivity index is 1.72. The Hall–Kier alpha value is -4.31. The van der Waals surface area contributed by atoms with Crippen LogP contribution in [0.4, 0.5) is 0 Å². The molecule has 2 aromatic heterocycles. The van der Waals surface area contributed by atoms with Gasteiger partial charge in [-0.25, -0.2) is 9.97 Å². The van der Waals surface area contributed by atoms with Crippen LogP contribution in [-0.4, -0.2) is 20.2 Å². The van der Waals surface area contributed by atoms with Gasteiger partial charge in [-0.3, -0.25) is 9.20 Å². The number of aromatic nitrogens is 3. The molecule has 0 radical (unpaired) electrons. The summed E-state index contributed by atoms with van der Waals surface area (Å²) in [6.07, 6.45) is 0. The Morgan fingerprint density at radius 3 is 2.19 bits per heavy atom. The summed E-state index contributed by atoms with van der Waals surface area (Å²) in [7, 11) is 0. The maximum Gasteiger partial charge on any atom is 0.193 e. The Morgan fingerprint density at radius 1 is 0.645 bits per heavy atom. The van der Waals surface area contributed by atoms with E-state index in [4.69, 9.17) is 9.97 Å². The van der Waals surface area contributed by atoms with Gasteiger partial charge in [0, 0.05) is 22.1 Å². The zero-order valence-electron chi connectivity index (χ0n) is 16.6. The van der Waals surface area contributed by atoms with Crippen LogP contribution in [0.1, 0.15) is 15.9 Å². The fraction of sp³-hybridized carbons (Fsp3) is 0. The zero-order chi connectivity index (χ0) is 20.8. The van der Waals surface area contributed by atoms with Gasteiger partial charge in [-0.05, 0) is 24.3 Å². The standard InChI is InChI=1S/C27H17N3O/c31-25(18-10-2-1-3-11-18)19-12-4-5-13-20(19)26-28-22-15-7-6-14-21(22)27-29-23-16-8-9-17-24(23)30(26)27/h1-17H. The molecule has 0 saturated carbocycles. The Labute approximate surface area is 178 Å². The number of carbonyl (C=O) groups excluding carboxylic acids is 1. The number of hydrogen-bond donors (Lipinski definition) is 0. The first kappa shape index (κ1) is 17.5. The van der Waals surface area contributed by atoms with Gasteiger partial charge in [0.05, 0.1) is 16.6 Å². The van der Waals surface area contributed by atoms with Crippen molar-refractivity contribution >= 4 is 33.4 Å². The molecule has 146 valence electrons. The van der Waals surface area contributed by atoms with Crippen LogP contribution < -0.4 is 0 Å². The molecule has 4 heteroatoms. The van der Waals surface area contributed by atoms with E-state index in [-0.39, 0.29) is 5.78 Å². The number of ketones is 1. The summed E-state index contributed by atoms with van der Waals surface area (Å²) in [5.41, 5.74) is 5.61. The van der Waals surface area contributed by atoms with Gasteiger partial charge < -0.3 is 0 Å². The average Bonchev–Trinajstić information content (AvgIpc) is 3.24. The lowest BCUT2D eigenvalue weighted by atomic mass is 9.97. The lowest BCUT2D eigenvalue weighted by molar-refractivity contribution is 0.103. The summed E-state index contributed by atoms with van der Waals surface area (Å²) < 4.78 is 2.06. The highest BCUT2D eigenvalue weighted by Gasteiger charge is 2.20. The topological polar surface area (TPSA) is 47.3 Å². The van der Waals surface area contributed by atoms with Crippen molar-refractivity contribution in [1.29, 1.82) is 0 Å². The maximum atomic E-state index is 13.4. The molecule has 0 aliphatic heterocycles. The first-order valence-corrected chi connectivity index (χ1v) is 10.2. The monoisotopic (exact) mass is 399 g/mol. The van der Waals surface area contributed by atoms with Gasteiger partial charge in [-0.1, -0.05) is 78.9 Å². The second kappa shape index (κ2) is 6.89. The summed E-state index contributed by atoms with van der Waals surface area (Å²) in [5.74, 6) is 0.686. The number of hydrogen-bond acceptors (Lipinski definition) is 3. The number of nitrogens with zero attached hydrogens (tertiary/aromatic N) is 3. The Morgan fingerprint density at radius 2 is 1.32 bits per heavy atom. The molecule has 31 heavy (non-hydrogen) atoms. The van der Waals surface area contributed by atoms with Crippen molar-refractivity contribution in [3.8, 4) is 11.4 Å². The van der Waals surface area contributed by atoms with Crippen LogP contribution in [0.15, 0.2) is 103 Å². The largest absolute Gasteiger partial charge is 0.289 e. The molecular weight excluding hydrogens is 382 g/mol. The smallest absolute Gasteiger partial charge is 0.193 e. The van der Waals surface area contributed by atoms with E-state index in [1.165, 1.54) is 0 Å². The molecular formula is C27H17N3O. The molecule has 0 amide bonds. The fourth-order valence-corrected chi connectivity index (χ4v) is 4.15. The minimum absolute atomic E-state index is 0.0243. The molecule has 0 spiro atoms. The van der Waals surface area contributed by atoms with Crippen LogP contribution in [0.3, 0.4) is 0 Å². The predicted octanol–water partition coefficient (Wildman–Crippen LogP) is 5.93. The average molecular weight is 399 g/mol. The number of para-hydroxylation sites is 3. The molecule has 0 N–H and O–H groups in total. The second-order valence-corrected chi connectivity index (χ2v) is 7.45. The number of imidazole rings is 1. The van der Waals surface area contributed by atoms with Gasteiger partial charge in [0.1, 0.15) is 11.5 Å². The predicted molar refractivity (Wildman–Crippen MR) is 123 cm³/mol. The van der Waals surface area contributed by atoms with Gasteiger partial charge in [-0.15, -0.1) is 0 Å². The van der Waals surface area contributed by atoms with Crippen LogP contribution in [0.25, 0.3) is 39.0 Å². The fourth-order valence-electron chi connectivity index (χ4n) is 4.15. The lowest BCUT2D eigenvalue weighted by Gasteiger charge is -2.12. The molecule has 0 bridgehead atoms. The van der Waals surface area contributed by atoms with E-state index in [2.05, 4.69) is 4.40 Å². The number of fused-ring (bicyclic) bond motifs is 5. The SMILES string of the molecule is O=C(c1ccccc1)c1ccccc1-c1nc2ccccc2c2nc3ccccc3n12. The van der Waals surface area contributed by atoms with E-state index in [0.29, 0.717) is 17.0 Å². The van der Waals surface area contributed by atoms with Crippen LogP contribution in [-0.2, 0) is 0 Å². The molecule has 4 nitrogen and oxygen atoms in total. The molecule has 0 saturated heterocycles. The summed E-state index contributed by atoms with van der Waals surface area (Å²) in [4.78, 5) is 23.3. The van der Waals surface area contributed by atoms with Crippen LogP contribution in [0.2, 0.25) is 0 Å². The highest BCUT2D eigenvalue weighted by atomic mass is 16.1. The van der Waals surface area contributed by atoms with E-state index >= 15 is 0 Å². The van der Waals surface area contributed by atoms with E-state index in [1.54, 1.807) is 0 Å². The van der Waals surface area contributed by atoms with Gasteiger partial charge in [0.15, 0.2) is 5.78 Å². The summed E-state index contributed by atoms with van der Waals surface area (Å²) in [6.45, 7) is 0. The summed E-state index contributed by atoms with van der Waals surface area (Å²) in [5, 5.41) is 0.981. The van der Waals surface area contributed by atoms with E-state index in [1.807, 2.05) is 103 Å². The highest BCUT2D eigenvalue weighted by Crippen LogP contribution is 2.31. The van der Waals surface area contributed by atoms with Gasteiger partial charge >= 0.3 is 0 Å². The normalized spacial score (nSPS) is 11.4. The molecule has 4 aromatic carbocycles. The van der Waals surface area contributed by atoms with Crippen molar-refractivity contribution < 1.29 is 4.79 Å². The molecule has 2 heterocycles. The summed E-state index contributed by atoms with van der Waals surface area (Å²) >= 11 is 0. The number of rotatable bonds is 3. The lowest BCUT2D eigenvalue weighted by Crippen LogP contribution is -2.06. The molecule has 0 aliphatic rings. The van der Waals surface area contributed by atoms with E-state index in [0.717, 1.165) is 33.1 Å². The molecule has 0 fully saturated rings. The van der Waals surface area contributed by atoms with Crippen LogP contribution in [0, 0.1) is 0 Å². The third kappa shape index (κ3) is 2.73. The van der Waals surface area contributed by atoms with Crippen molar-refractivity contribution in [2.24, 2.45) is 0 Å². The number of carbonyl (C=O) groups is 1. The Bertz CT molecular complexity index is 1600. The van der Waals surface area contributed by atoms with Crippen molar-refractivity contribution in [1.82, 2.24) is 14.4 Å².